The zero-order valence-corrected chi connectivity index (χ0v) is 16.7. The van der Waals surface area contributed by atoms with Gasteiger partial charge in [-0.2, -0.15) is 0 Å². The third kappa shape index (κ3) is 5.80. The number of nitrogens with zero attached hydrogens (tertiary/aromatic N) is 1. The van der Waals surface area contributed by atoms with Gasteiger partial charge < -0.3 is 24.4 Å². The van der Waals surface area contributed by atoms with E-state index in [0.717, 1.165) is 24.5 Å². The fourth-order valence-corrected chi connectivity index (χ4v) is 2.92. The van der Waals surface area contributed by atoms with Crippen molar-refractivity contribution in [3.63, 3.8) is 0 Å². The van der Waals surface area contributed by atoms with Crippen LogP contribution in [0.1, 0.15) is 41.0 Å². The molecule has 1 aromatic rings. The SMILES string of the molecule is CCOc1cc(N2CCOCC2)c(OCC)cc1NC(=O)CC(C)(C)C. The van der Waals surface area contributed by atoms with E-state index < -0.39 is 0 Å². The summed E-state index contributed by atoms with van der Waals surface area (Å²) in [4.78, 5) is 14.6. The topological polar surface area (TPSA) is 60.0 Å². The van der Waals surface area contributed by atoms with E-state index in [9.17, 15) is 4.79 Å². The van der Waals surface area contributed by atoms with Crippen LogP contribution < -0.4 is 19.7 Å². The first kappa shape index (κ1) is 20.4. The van der Waals surface area contributed by atoms with Crippen LogP contribution in [-0.4, -0.2) is 45.4 Å². The second kappa shape index (κ2) is 9.12. The van der Waals surface area contributed by atoms with Crippen molar-refractivity contribution in [2.75, 3.05) is 49.7 Å². The smallest absolute Gasteiger partial charge is 0.225 e. The first-order chi connectivity index (χ1) is 12.3. The Bertz CT molecular complexity index is 605. The van der Waals surface area contributed by atoms with Gasteiger partial charge in [-0.05, 0) is 19.3 Å². The van der Waals surface area contributed by atoms with Crippen molar-refractivity contribution >= 4 is 17.3 Å². The Hall–Kier alpha value is -1.95. The number of ether oxygens (including phenoxy) is 3. The van der Waals surface area contributed by atoms with E-state index in [-0.39, 0.29) is 11.3 Å². The van der Waals surface area contributed by atoms with Gasteiger partial charge in [0.1, 0.15) is 11.5 Å². The van der Waals surface area contributed by atoms with Crippen LogP contribution in [0, 0.1) is 5.41 Å². The lowest BCUT2D eigenvalue weighted by Gasteiger charge is -2.31. The molecule has 26 heavy (non-hydrogen) atoms. The van der Waals surface area contributed by atoms with Crippen molar-refractivity contribution in [3.8, 4) is 11.5 Å². The second-order valence-corrected chi connectivity index (χ2v) is 7.57. The van der Waals surface area contributed by atoms with Gasteiger partial charge >= 0.3 is 0 Å². The molecule has 0 radical (unpaired) electrons. The molecule has 1 amide bonds. The Balaban J connectivity index is 2.33. The molecule has 2 rings (SSSR count). The van der Waals surface area contributed by atoms with Crippen molar-refractivity contribution < 1.29 is 19.0 Å². The van der Waals surface area contributed by atoms with Crippen LogP contribution >= 0.6 is 0 Å². The Kier molecular flexibility index (Phi) is 7.14. The maximum atomic E-state index is 12.4. The molecule has 1 N–H and O–H groups in total. The average Bonchev–Trinajstić information content (AvgIpc) is 2.56. The van der Waals surface area contributed by atoms with E-state index >= 15 is 0 Å². The number of rotatable bonds is 7. The van der Waals surface area contributed by atoms with Crippen LogP contribution in [0.3, 0.4) is 0 Å². The molecule has 0 atom stereocenters. The van der Waals surface area contributed by atoms with E-state index in [1.807, 2.05) is 46.8 Å². The summed E-state index contributed by atoms with van der Waals surface area (Å²) >= 11 is 0. The van der Waals surface area contributed by atoms with Gasteiger partial charge in [-0.15, -0.1) is 0 Å². The molecule has 1 heterocycles. The summed E-state index contributed by atoms with van der Waals surface area (Å²) in [5, 5.41) is 2.99. The summed E-state index contributed by atoms with van der Waals surface area (Å²) in [7, 11) is 0. The summed E-state index contributed by atoms with van der Waals surface area (Å²) in [6.45, 7) is 14.1. The monoisotopic (exact) mass is 364 g/mol. The molecule has 0 saturated carbocycles. The number of carbonyl (C=O) groups excluding carboxylic acids is 1. The maximum Gasteiger partial charge on any atom is 0.225 e. The molecule has 146 valence electrons. The minimum atomic E-state index is -0.0770. The Morgan fingerprint density at radius 2 is 1.73 bits per heavy atom. The number of morpholine rings is 1. The van der Waals surface area contributed by atoms with Gasteiger partial charge in [0.15, 0.2) is 0 Å². The largest absolute Gasteiger partial charge is 0.492 e. The quantitative estimate of drug-likeness (QED) is 0.799. The van der Waals surface area contributed by atoms with Crippen molar-refractivity contribution in [1.82, 2.24) is 0 Å². The molecule has 1 aromatic carbocycles. The highest BCUT2D eigenvalue weighted by Crippen LogP contribution is 2.39. The van der Waals surface area contributed by atoms with Crippen LogP contribution in [0.2, 0.25) is 0 Å². The van der Waals surface area contributed by atoms with Gasteiger partial charge in [0.2, 0.25) is 5.91 Å². The third-order valence-corrected chi connectivity index (χ3v) is 3.98. The van der Waals surface area contributed by atoms with E-state index in [1.54, 1.807) is 0 Å². The molecule has 1 fully saturated rings. The molecule has 6 nitrogen and oxygen atoms in total. The number of hydrogen-bond donors (Lipinski definition) is 1. The summed E-state index contributed by atoms with van der Waals surface area (Å²) in [6, 6.07) is 3.84. The Morgan fingerprint density at radius 3 is 2.31 bits per heavy atom. The standard InChI is InChI=1S/C20H32N2O4/c1-6-25-17-13-16(22-8-10-24-11-9-22)18(26-7-2)12-15(17)21-19(23)14-20(3,4)5/h12-13H,6-11,14H2,1-5H3,(H,21,23). The van der Waals surface area contributed by atoms with Crippen molar-refractivity contribution in [1.29, 1.82) is 0 Å². The first-order valence-electron chi connectivity index (χ1n) is 9.40. The number of carbonyl (C=O) groups is 1. The minimum Gasteiger partial charge on any atom is -0.492 e. The van der Waals surface area contributed by atoms with Gasteiger partial charge in [0, 0.05) is 31.6 Å². The summed E-state index contributed by atoms with van der Waals surface area (Å²) < 4.78 is 17.1. The molecular formula is C20H32N2O4. The van der Waals surface area contributed by atoms with Gasteiger partial charge in [-0.3, -0.25) is 4.79 Å². The van der Waals surface area contributed by atoms with Crippen molar-refractivity contribution in [3.05, 3.63) is 12.1 Å². The predicted octanol–water partition coefficient (Wildman–Crippen LogP) is 3.70. The van der Waals surface area contributed by atoms with Crippen LogP contribution in [0.4, 0.5) is 11.4 Å². The van der Waals surface area contributed by atoms with E-state index in [4.69, 9.17) is 14.2 Å². The normalized spacial score (nSPS) is 14.9. The van der Waals surface area contributed by atoms with Crippen LogP contribution in [-0.2, 0) is 9.53 Å². The van der Waals surface area contributed by atoms with Crippen LogP contribution in [0.5, 0.6) is 11.5 Å². The molecule has 1 aliphatic rings. The van der Waals surface area contributed by atoms with Crippen LogP contribution in [0.25, 0.3) is 0 Å². The fraction of sp³-hybridized carbons (Fsp3) is 0.650. The van der Waals surface area contributed by atoms with E-state index in [0.29, 0.717) is 44.3 Å². The lowest BCUT2D eigenvalue weighted by Crippen LogP contribution is -2.36. The molecule has 0 unspecified atom stereocenters. The molecule has 0 spiro atoms. The van der Waals surface area contributed by atoms with Crippen molar-refractivity contribution in [2.24, 2.45) is 5.41 Å². The highest BCUT2D eigenvalue weighted by atomic mass is 16.5. The highest BCUT2D eigenvalue weighted by Gasteiger charge is 2.22. The van der Waals surface area contributed by atoms with E-state index in [2.05, 4.69) is 10.2 Å². The zero-order chi connectivity index (χ0) is 19.2. The summed E-state index contributed by atoms with van der Waals surface area (Å²) in [6.07, 6.45) is 0.438. The molecular weight excluding hydrogens is 332 g/mol. The summed E-state index contributed by atoms with van der Waals surface area (Å²) in [5.74, 6) is 1.39. The molecule has 1 aliphatic heterocycles. The number of nitrogens with one attached hydrogen (secondary N) is 1. The zero-order valence-electron chi connectivity index (χ0n) is 16.7. The average molecular weight is 364 g/mol. The maximum absolute atomic E-state index is 12.4. The van der Waals surface area contributed by atoms with Gasteiger partial charge in [0.25, 0.3) is 0 Å². The fourth-order valence-electron chi connectivity index (χ4n) is 2.92. The highest BCUT2D eigenvalue weighted by molar-refractivity contribution is 5.93. The van der Waals surface area contributed by atoms with Crippen LogP contribution in [0.15, 0.2) is 12.1 Å². The number of hydrogen-bond acceptors (Lipinski definition) is 5. The molecule has 0 aliphatic carbocycles. The lowest BCUT2D eigenvalue weighted by molar-refractivity contribution is -0.117. The first-order valence-corrected chi connectivity index (χ1v) is 9.40. The van der Waals surface area contributed by atoms with Crippen molar-refractivity contribution in [2.45, 2.75) is 41.0 Å². The minimum absolute atomic E-state index is 0.0278. The molecule has 6 heteroatoms. The van der Waals surface area contributed by atoms with E-state index in [1.165, 1.54) is 0 Å². The van der Waals surface area contributed by atoms with Gasteiger partial charge in [-0.25, -0.2) is 0 Å². The van der Waals surface area contributed by atoms with Gasteiger partial charge in [0.05, 0.1) is 37.8 Å². The second-order valence-electron chi connectivity index (χ2n) is 7.57. The third-order valence-electron chi connectivity index (χ3n) is 3.98. The predicted molar refractivity (Wildman–Crippen MR) is 105 cm³/mol. The van der Waals surface area contributed by atoms with Gasteiger partial charge in [-0.1, -0.05) is 20.8 Å². The number of amides is 1. The molecule has 0 aromatic heterocycles. The molecule has 0 bridgehead atoms. The molecule has 1 saturated heterocycles. The number of benzene rings is 1. The lowest BCUT2D eigenvalue weighted by atomic mass is 9.92. The Labute approximate surface area is 156 Å². The summed E-state index contributed by atoms with van der Waals surface area (Å²) in [5.41, 5.74) is 1.56. The Morgan fingerprint density at radius 1 is 1.12 bits per heavy atom. The number of anilines is 2.